The van der Waals surface area contributed by atoms with E-state index >= 15 is 0 Å². The fourth-order valence-corrected chi connectivity index (χ4v) is 2.89. The van der Waals surface area contributed by atoms with Crippen LogP contribution in [-0.4, -0.2) is 46.9 Å². The lowest BCUT2D eigenvalue weighted by atomic mass is 10.2. The standard InChI is InChI=1S/C13H19N3OS/c1-2-14-12-11(5-3-6-15-12)13(17)16-7-4-9-18-10-8-16/h3,5-6H,2,4,7-10H2,1H3,(H,14,15). The first-order valence-corrected chi connectivity index (χ1v) is 7.54. The first-order valence-electron chi connectivity index (χ1n) is 6.39. The zero-order valence-electron chi connectivity index (χ0n) is 10.7. The zero-order chi connectivity index (χ0) is 12.8. The van der Waals surface area contributed by atoms with Crippen molar-refractivity contribution >= 4 is 23.5 Å². The molecular weight excluding hydrogens is 246 g/mol. The highest BCUT2D eigenvalue weighted by Crippen LogP contribution is 2.17. The molecule has 5 heteroatoms. The Morgan fingerprint density at radius 3 is 3.22 bits per heavy atom. The van der Waals surface area contributed by atoms with E-state index in [4.69, 9.17) is 0 Å². The van der Waals surface area contributed by atoms with Crippen molar-refractivity contribution in [3.8, 4) is 0 Å². The molecule has 1 aromatic heterocycles. The summed E-state index contributed by atoms with van der Waals surface area (Å²) in [5, 5.41) is 3.15. The molecule has 0 saturated carbocycles. The lowest BCUT2D eigenvalue weighted by Crippen LogP contribution is -2.33. The second-order valence-electron chi connectivity index (χ2n) is 4.19. The van der Waals surface area contributed by atoms with E-state index in [1.165, 1.54) is 0 Å². The van der Waals surface area contributed by atoms with E-state index in [1.807, 2.05) is 35.7 Å². The summed E-state index contributed by atoms with van der Waals surface area (Å²) in [5.74, 6) is 2.97. The maximum atomic E-state index is 12.5. The predicted molar refractivity (Wildman–Crippen MR) is 76.2 cm³/mol. The minimum absolute atomic E-state index is 0.0987. The molecular formula is C13H19N3OS. The van der Waals surface area contributed by atoms with Crippen LogP contribution in [0.3, 0.4) is 0 Å². The van der Waals surface area contributed by atoms with Crippen molar-refractivity contribution in [2.24, 2.45) is 0 Å². The van der Waals surface area contributed by atoms with Gasteiger partial charge in [-0.2, -0.15) is 11.8 Å². The third-order valence-corrected chi connectivity index (χ3v) is 3.94. The van der Waals surface area contributed by atoms with Crippen LogP contribution in [0, 0.1) is 0 Å². The number of pyridine rings is 1. The fraction of sp³-hybridized carbons (Fsp3) is 0.538. The van der Waals surface area contributed by atoms with Crippen molar-refractivity contribution in [1.29, 1.82) is 0 Å². The molecule has 98 valence electrons. The van der Waals surface area contributed by atoms with Crippen molar-refractivity contribution in [3.05, 3.63) is 23.9 Å². The Bertz CT molecular complexity index is 403. The molecule has 0 aromatic carbocycles. The van der Waals surface area contributed by atoms with Crippen LogP contribution in [0.5, 0.6) is 0 Å². The Kier molecular flexibility index (Phi) is 4.87. The molecule has 1 N–H and O–H groups in total. The van der Waals surface area contributed by atoms with E-state index in [-0.39, 0.29) is 5.91 Å². The van der Waals surface area contributed by atoms with Gasteiger partial charge < -0.3 is 10.2 Å². The molecule has 0 radical (unpaired) electrons. The summed E-state index contributed by atoms with van der Waals surface area (Å²) < 4.78 is 0. The summed E-state index contributed by atoms with van der Waals surface area (Å²) >= 11 is 1.92. The van der Waals surface area contributed by atoms with Gasteiger partial charge in [0.15, 0.2) is 0 Å². The Balaban J connectivity index is 2.16. The fourth-order valence-electron chi connectivity index (χ4n) is 2.01. The van der Waals surface area contributed by atoms with Crippen LogP contribution >= 0.6 is 11.8 Å². The van der Waals surface area contributed by atoms with Crippen LogP contribution in [0.15, 0.2) is 18.3 Å². The van der Waals surface area contributed by atoms with Crippen LogP contribution in [-0.2, 0) is 0 Å². The van der Waals surface area contributed by atoms with Gasteiger partial charge in [-0.05, 0) is 31.2 Å². The number of thioether (sulfide) groups is 1. The van der Waals surface area contributed by atoms with Gasteiger partial charge in [-0.1, -0.05) is 0 Å². The minimum atomic E-state index is 0.0987. The molecule has 1 aliphatic heterocycles. The zero-order valence-corrected chi connectivity index (χ0v) is 11.5. The molecule has 1 aliphatic rings. The van der Waals surface area contributed by atoms with E-state index in [0.717, 1.165) is 37.6 Å². The highest BCUT2D eigenvalue weighted by molar-refractivity contribution is 7.99. The summed E-state index contributed by atoms with van der Waals surface area (Å²) in [6.07, 6.45) is 2.79. The van der Waals surface area contributed by atoms with Gasteiger partial charge in [0.05, 0.1) is 5.56 Å². The monoisotopic (exact) mass is 265 g/mol. The number of aromatic nitrogens is 1. The van der Waals surface area contributed by atoms with E-state index in [1.54, 1.807) is 6.20 Å². The average Bonchev–Trinajstić information content (AvgIpc) is 2.68. The van der Waals surface area contributed by atoms with Gasteiger partial charge in [-0.25, -0.2) is 4.98 Å². The normalized spacial score (nSPS) is 16.2. The van der Waals surface area contributed by atoms with E-state index < -0.39 is 0 Å². The summed E-state index contributed by atoms with van der Waals surface area (Å²) in [4.78, 5) is 18.7. The molecule has 0 unspecified atom stereocenters. The highest BCUT2D eigenvalue weighted by atomic mass is 32.2. The van der Waals surface area contributed by atoms with E-state index in [9.17, 15) is 4.79 Å². The molecule has 2 rings (SSSR count). The van der Waals surface area contributed by atoms with Gasteiger partial charge in [0.1, 0.15) is 5.82 Å². The smallest absolute Gasteiger partial charge is 0.257 e. The largest absolute Gasteiger partial charge is 0.370 e. The first kappa shape index (κ1) is 13.2. The Morgan fingerprint density at radius 2 is 2.39 bits per heavy atom. The van der Waals surface area contributed by atoms with E-state index in [0.29, 0.717) is 11.4 Å². The number of nitrogens with one attached hydrogen (secondary N) is 1. The molecule has 0 spiro atoms. The molecule has 1 amide bonds. The van der Waals surface area contributed by atoms with Crippen molar-refractivity contribution in [2.75, 3.05) is 36.5 Å². The molecule has 0 atom stereocenters. The lowest BCUT2D eigenvalue weighted by molar-refractivity contribution is 0.0769. The molecule has 1 fully saturated rings. The third kappa shape index (κ3) is 3.16. The summed E-state index contributed by atoms with van der Waals surface area (Å²) in [6, 6.07) is 3.67. The Hall–Kier alpha value is -1.23. The van der Waals surface area contributed by atoms with Crippen molar-refractivity contribution in [2.45, 2.75) is 13.3 Å². The number of carbonyl (C=O) groups is 1. The van der Waals surface area contributed by atoms with Crippen LogP contribution in [0.25, 0.3) is 0 Å². The quantitative estimate of drug-likeness (QED) is 0.909. The molecule has 1 aromatic rings. The van der Waals surface area contributed by atoms with Crippen molar-refractivity contribution in [1.82, 2.24) is 9.88 Å². The van der Waals surface area contributed by atoms with Crippen molar-refractivity contribution in [3.63, 3.8) is 0 Å². The van der Waals surface area contributed by atoms with Gasteiger partial charge >= 0.3 is 0 Å². The number of hydrogen-bond acceptors (Lipinski definition) is 4. The second kappa shape index (κ2) is 6.64. The number of carbonyl (C=O) groups excluding carboxylic acids is 1. The molecule has 2 heterocycles. The number of amides is 1. The summed E-state index contributed by atoms with van der Waals surface area (Å²) in [7, 11) is 0. The van der Waals surface area contributed by atoms with Gasteiger partial charge in [-0.3, -0.25) is 4.79 Å². The van der Waals surface area contributed by atoms with Gasteiger partial charge in [-0.15, -0.1) is 0 Å². The summed E-state index contributed by atoms with van der Waals surface area (Å²) in [6.45, 7) is 4.47. The van der Waals surface area contributed by atoms with Crippen LogP contribution in [0.1, 0.15) is 23.7 Å². The number of nitrogens with zero attached hydrogens (tertiary/aromatic N) is 2. The molecule has 18 heavy (non-hydrogen) atoms. The maximum absolute atomic E-state index is 12.5. The Labute approximate surface area is 112 Å². The molecule has 0 aliphatic carbocycles. The predicted octanol–water partition coefficient (Wildman–Crippen LogP) is 2.09. The highest BCUT2D eigenvalue weighted by Gasteiger charge is 2.20. The number of anilines is 1. The van der Waals surface area contributed by atoms with Crippen LogP contribution in [0.2, 0.25) is 0 Å². The minimum Gasteiger partial charge on any atom is -0.370 e. The summed E-state index contributed by atoms with van der Waals surface area (Å²) in [5.41, 5.74) is 0.686. The molecule has 4 nitrogen and oxygen atoms in total. The number of hydrogen-bond donors (Lipinski definition) is 1. The maximum Gasteiger partial charge on any atom is 0.257 e. The molecule has 0 bridgehead atoms. The molecule has 1 saturated heterocycles. The van der Waals surface area contributed by atoms with Crippen LogP contribution < -0.4 is 5.32 Å². The number of rotatable bonds is 3. The SMILES string of the molecule is CCNc1ncccc1C(=O)N1CCCSCC1. The van der Waals surface area contributed by atoms with Crippen LogP contribution in [0.4, 0.5) is 5.82 Å². The van der Waals surface area contributed by atoms with Gasteiger partial charge in [0.25, 0.3) is 5.91 Å². The van der Waals surface area contributed by atoms with Gasteiger partial charge in [0, 0.05) is 31.6 Å². The average molecular weight is 265 g/mol. The third-order valence-electron chi connectivity index (χ3n) is 2.89. The first-order chi connectivity index (χ1) is 8.83. The van der Waals surface area contributed by atoms with E-state index in [2.05, 4.69) is 10.3 Å². The second-order valence-corrected chi connectivity index (χ2v) is 5.41. The Morgan fingerprint density at radius 1 is 1.50 bits per heavy atom. The topological polar surface area (TPSA) is 45.2 Å². The lowest BCUT2D eigenvalue weighted by Gasteiger charge is -2.21. The van der Waals surface area contributed by atoms with Gasteiger partial charge in [0.2, 0.25) is 0 Å². The van der Waals surface area contributed by atoms with Crippen molar-refractivity contribution < 1.29 is 4.79 Å².